The first-order valence-corrected chi connectivity index (χ1v) is 8.91. The fraction of sp³-hybridized carbons (Fsp3) is 0. The van der Waals surface area contributed by atoms with E-state index < -0.39 is 0 Å². The van der Waals surface area contributed by atoms with Crippen molar-refractivity contribution in [3.05, 3.63) is 72.5 Å². The first-order valence-electron chi connectivity index (χ1n) is 8.91. The molecule has 138 valence electrons. The smallest absolute Gasteiger partial charge is 0.224 e. The standard InChI is InChI=1S/C21H11FN6O/c22-12-9-10-14-15-7-4-8-16(18(15)29-17(14)11-12)20-23-19-21(25-27-26-24-19)28(20)13-5-2-1-3-6-13/h1-11H. The second-order valence-corrected chi connectivity index (χ2v) is 6.56. The van der Waals surface area contributed by atoms with Gasteiger partial charge in [-0.3, -0.25) is 4.57 Å². The zero-order chi connectivity index (χ0) is 19.4. The van der Waals surface area contributed by atoms with Gasteiger partial charge in [-0.05, 0) is 40.8 Å². The summed E-state index contributed by atoms with van der Waals surface area (Å²) in [6.45, 7) is 0. The minimum Gasteiger partial charge on any atom is -0.455 e. The Balaban J connectivity index is 1.73. The molecule has 0 unspecified atom stereocenters. The van der Waals surface area contributed by atoms with Crippen LogP contribution >= 0.6 is 0 Å². The molecule has 0 aliphatic heterocycles. The number of nitrogens with zero attached hydrogens (tertiary/aromatic N) is 6. The predicted octanol–water partition coefficient (Wildman–Crippen LogP) is 4.31. The first kappa shape index (κ1) is 15.8. The van der Waals surface area contributed by atoms with E-state index in [1.54, 1.807) is 6.07 Å². The van der Waals surface area contributed by atoms with Crippen molar-refractivity contribution < 1.29 is 8.81 Å². The SMILES string of the molecule is Fc1ccc2c(c1)oc1c(-c3nc4nnnnc4n3-c3ccccc3)cccc12. The lowest BCUT2D eigenvalue weighted by atomic mass is 10.1. The number of para-hydroxylation sites is 2. The second kappa shape index (κ2) is 5.90. The van der Waals surface area contributed by atoms with Gasteiger partial charge in [-0.15, -0.1) is 10.2 Å². The minimum absolute atomic E-state index is 0.347. The summed E-state index contributed by atoms with van der Waals surface area (Å²) >= 11 is 0. The van der Waals surface area contributed by atoms with Crippen molar-refractivity contribution in [2.75, 3.05) is 0 Å². The summed E-state index contributed by atoms with van der Waals surface area (Å²) in [6.07, 6.45) is 0. The van der Waals surface area contributed by atoms with Crippen LogP contribution in [0.3, 0.4) is 0 Å². The van der Waals surface area contributed by atoms with Crippen molar-refractivity contribution >= 4 is 33.2 Å². The third-order valence-electron chi connectivity index (χ3n) is 4.87. The Kier molecular flexibility index (Phi) is 3.22. The number of halogens is 1. The van der Waals surface area contributed by atoms with Crippen molar-refractivity contribution in [2.45, 2.75) is 0 Å². The fourth-order valence-corrected chi connectivity index (χ4v) is 3.63. The highest BCUT2D eigenvalue weighted by Crippen LogP contribution is 2.37. The molecule has 7 nitrogen and oxygen atoms in total. The van der Waals surface area contributed by atoms with E-state index in [1.807, 2.05) is 53.1 Å². The Morgan fingerprint density at radius 1 is 0.828 bits per heavy atom. The number of aromatic nitrogens is 6. The van der Waals surface area contributed by atoms with Crippen LogP contribution in [0.15, 0.2) is 71.1 Å². The lowest BCUT2D eigenvalue weighted by molar-refractivity contribution is 0.618. The fourth-order valence-electron chi connectivity index (χ4n) is 3.63. The van der Waals surface area contributed by atoms with Crippen LogP contribution in [0.4, 0.5) is 4.39 Å². The molecule has 3 heterocycles. The zero-order valence-corrected chi connectivity index (χ0v) is 14.8. The van der Waals surface area contributed by atoms with Gasteiger partial charge in [-0.1, -0.05) is 30.3 Å². The largest absolute Gasteiger partial charge is 0.455 e. The van der Waals surface area contributed by atoms with Gasteiger partial charge in [0.2, 0.25) is 11.3 Å². The highest BCUT2D eigenvalue weighted by molar-refractivity contribution is 6.09. The molecule has 29 heavy (non-hydrogen) atoms. The summed E-state index contributed by atoms with van der Waals surface area (Å²) in [7, 11) is 0. The van der Waals surface area contributed by atoms with Gasteiger partial charge in [0.15, 0.2) is 5.82 Å². The molecule has 0 spiro atoms. The third-order valence-corrected chi connectivity index (χ3v) is 4.87. The van der Waals surface area contributed by atoms with E-state index in [2.05, 4.69) is 25.6 Å². The number of imidazole rings is 1. The van der Waals surface area contributed by atoms with Gasteiger partial charge in [0.1, 0.15) is 17.0 Å². The van der Waals surface area contributed by atoms with E-state index in [1.165, 1.54) is 12.1 Å². The molecule has 0 saturated carbocycles. The molecule has 0 atom stereocenters. The number of furan rings is 1. The van der Waals surface area contributed by atoms with E-state index in [0.717, 1.165) is 22.0 Å². The second-order valence-electron chi connectivity index (χ2n) is 6.56. The van der Waals surface area contributed by atoms with Gasteiger partial charge >= 0.3 is 0 Å². The van der Waals surface area contributed by atoms with Crippen LogP contribution < -0.4 is 0 Å². The molecule has 3 aromatic carbocycles. The van der Waals surface area contributed by atoms with Gasteiger partial charge in [-0.2, -0.15) is 0 Å². The molecule has 0 fully saturated rings. The van der Waals surface area contributed by atoms with Crippen LogP contribution in [-0.4, -0.2) is 30.2 Å². The molecule has 0 aliphatic carbocycles. The molecular formula is C21H11FN6O. The van der Waals surface area contributed by atoms with Crippen LogP contribution in [0.2, 0.25) is 0 Å². The van der Waals surface area contributed by atoms with E-state index in [9.17, 15) is 4.39 Å². The Morgan fingerprint density at radius 2 is 1.69 bits per heavy atom. The maximum Gasteiger partial charge on any atom is 0.224 e. The van der Waals surface area contributed by atoms with E-state index in [0.29, 0.717) is 28.3 Å². The summed E-state index contributed by atoms with van der Waals surface area (Å²) < 4.78 is 21.6. The van der Waals surface area contributed by atoms with Gasteiger partial charge in [-0.25, -0.2) is 9.37 Å². The van der Waals surface area contributed by atoms with Crippen molar-refractivity contribution in [2.24, 2.45) is 0 Å². The van der Waals surface area contributed by atoms with Crippen LogP contribution in [0.1, 0.15) is 0 Å². The van der Waals surface area contributed by atoms with Gasteiger partial charge in [0.25, 0.3) is 0 Å². The Hall–Kier alpha value is -4.20. The molecule has 3 aromatic heterocycles. The predicted molar refractivity (Wildman–Crippen MR) is 105 cm³/mol. The Morgan fingerprint density at radius 3 is 2.59 bits per heavy atom. The molecule has 0 aliphatic rings. The van der Waals surface area contributed by atoms with Crippen molar-refractivity contribution in [3.8, 4) is 17.1 Å². The normalized spacial score (nSPS) is 11.6. The van der Waals surface area contributed by atoms with Crippen LogP contribution in [-0.2, 0) is 0 Å². The Bertz CT molecular complexity index is 1520. The summed E-state index contributed by atoms with van der Waals surface area (Å²) in [4.78, 5) is 4.65. The molecule has 6 aromatic rings. The van der Waals surface area contributed by atoms with Crippen LogP contribution in [0.25, 0.3) is 50.3 Å². The monoisotopic (exact) mass is 382 g/mol. The average molecular weight is 382 g/mol. The molecule has 0 saturated heterocycles. The minimum atomic E-state index is -0.347. The van der Waals surface area contributed by atoms with E-state index in [-0.39, 0.29) is 5.82 Å². The summed E-state index contributed by atoms with van der Waals surface area (Å²) in [6, 6.07) is 20.0. The van der Waals surface area contributed by atoms with Gasteiger partial charge in [0, 0.05) is 22.5 Å². The van der Waals surface area contributed by atoms with Gasteiger partial charge in [0.05, 0.1) is 5.56 Å². The molecule has 0 bridgehead atoms. The molecule has 0 amide bonds. The Labute approximate surface area is 162 Å². The molecule has 6 rings (SSSR count). The van der Waals surface area contributed by atoms with Crippen molar-refractivity contribution in [3.63, 3.8) is 0 Å². The van der Waals surface area contributed by atoms with E-state index >= 15 is 0 Å². The van der Waals surface area contributed by atoms with Crippen LogP contribution in [0, 0.1) is 5.82 Å². The van der Waals surface area contributed by atoms with Crippen LogP contribution in [0.5, 0.6) is 0 Å². The topological polar surface area (TPSA) is 82.5 Å². The van der Waals surface area contributed by atoms with E-state index in [4.69, 9.17) is 4.42 Å². The lowest BCUT2D eigenvalue weighted by Crippen LogP contribution is -2.00. The van der Waals surface area contributed by atoms with Gasteiger partial charge < -0.3 is 4.42 Å². The summed E-state index contributed by atoms with van der Waals surface area (Å²) in [5.74, 6) is 0.242. The molecule has 0 N–H and O–H groups in total. The number of benzene rings is 3. The first-order chi connectivity index (χ1) is 14.3. The highest BCUT2D eigenvalue weighted by atomic mass is 19.1. The number of fused-ring (bicyclic) bond motifs is 4. The van der Waals surface area contributed by atoms with Crippen molar-refractivity contribution in [1.29, 1.82) is 0 Å². The lowest BCUT2D eigenvalue weighted by Gasteiger charge is -2.08. The number of rotatable bonds is 2. The summed E-state index contributed by atoms with van der Waals surface area (Å²) in [5, 5.41) is 17.1. The zero-order valence-electron chi connectivity index (χ0n) is 14.8. The summed E-state index contributed by atoms with van der Waals surface area (Å²) in [5.41, 5.74) is 3.54. The average Bonchev–Trinajstić information content (AvgIpc) is 3.32. The maximum absolute atomic E-state index is 13.7. The molecule has 8 heteroatoms. The molecular weight excluding hydrogens is 371 g/mol. The number of hydrogen-bond donors (Lipinski definition) is 0. The third kappa shape index (κ3) is 2.32. The maximum atomic E-state index is 13.7. The number of hydrogen-bond acceptors (Lipinski definition) is 6. The highest BCUT2D eigenvalue weighted by Gasteiger charge is 2.21. The van der Waals surface area contributed by atoms with Crippen molar-refractivity contribution in [1.82, 2.24) is 30.2 Å². The molecule has 0 radical (unpaired) electrons. The quantitative estimate of drug-likeness (QED) is 0.444.